The second-order valence-electron chi connectivity index (χ2n) is 13.7. The molecule has 42 heavy (non-hydrogen) atoms. The quantitative estimate of drug-likeness (QED) is 0.0696. The highest BCUT2D eigenvalue weighted by atomic mass is 79.9. The first-order valence-electron chi connectivity index (χ1n) is 15.3. The third-order valence-corrected chi connectivity index (χ3v) is 17.9. The van der Waals surface area contributed by atoms with Crippen molar-refractivity contribution in [3.05, 3.63) is 0 Å². The molecule has 0 aromatic heterocycles. The smallest absolute Gasteiger partial charge is 0.230 e. The summed E-state index contributed by atoms with van der Waals surface area (Å²) >= 11 is 9.35. The van der Waals surface area contributed by atoms with E-state index in [0.717, 1.165) is 45.3 Å². The van der Waals surface area contributed by atoms with Gasteiger partial charge in [-0.2, -0.15) is 0 Å². The average Bonchev–Trinajstić information content (AvgIpc) is 2.90. The summed E-state index contributed by atoms with van der Waals surface area (Å²) in [6.45, 7) is 25.6. The van der Waals surface area contributed by atoms with E-state index in [4.69, 9.17) is 4.43 Å². The van der Waals surface area contributed by atoms with Crippen LogP contribution in [0, 0.1) is 0 Å². The Bertz CT molecular complexity index is 678. The second kappa shape index (κ2) is 26.7. The lowest BCUT2D eigenvalue weighted by molar-refractivity contribution is -0.119. The van der Waals surface area contributed by atoms with Gasteiger partial charge in [0.15, 0.2) is 8.32 Å². The van der Waals surface area contributed by atoms with E-state index in [1.54, 1.807) is 0 Å². The second-order valence-corrected chi connectivity index (χ2v) is 31.8. The van der Waals surface area contributed by atoms with E-state index in [0.29, 0.717) is 27.1 Å². The molecule has 0 rings (SSSR count). The van der Waals surface area contributed by atoms with Crippen LogP contribution in [0.1, 0.15) is 53.4 Å². The van der Waals surface area contributed by atoms with Crippen LogP contribution in [0.15, 0.2) is 0 Å². The summed E-state index contributed by atoms with van der Waals surface area (Å²) in [6, 6.07) is 3.76. The predicted octanol–water partition coefficient (Wildman–Crippen LogP) is 8.14. The molecule has 0 unspecified atom stereocenters. The van der Waals surface area contributed by atoms with E-state index >= 15 is 0 Å². The van der Waals surface area contributed by atoms with Crippen molar-refractivity contribution >= 4 is 90.0 Å². The standard InChI is InChI=1S/C13H28BrNO2Si.2C8H18BrNOSi/c1-11(2)18(17-5,12(3)4)9-7-6-8-15-13(16)10-14;2*1-12(2,3)6-4-5-10-8(11)7-9/h11-12H,6-10H2,1-5H3,(H,15,16);2*4-7H2,1-3H3,(H,10,11). The van der Waals surface area contributed by atoms with Crippen molar-refractivity contribution in [2.24, 2.45) is 0 Å². The number of carbonyl (C=O) groups is 3. The minimum absolute atomic E-state index is 0.0676. The maximum absolute atomic E-state index is 11.1. The molecule has 3 N–H and O–H groups in total. The van der Waals surface area contributed by atoms with Gasteiger partial charge in [-0.15, -0.1) is 0 Å². The minimum atomic E-state index is -1.63. The van der Waals surface area contributed by atoms with E-state index < -0.39 is 24.5 Å². The molecule has 0 aromatic carbocycles. The number of hydrogen-bond donors (Lipinski definition) is 3. The van der Waals surface area contributed by atoms with Gasteiger partial charge in [0.1, 0.15) is 0 Å². The fourth-order valence-electron chi connectivity index (χ4n) is 4.41. The highest BCUT2D eigenvalue weighted by Crippen LogP contribution is 2.37. The van der Waals surface area contributed by atoms with Gasteiger partial charge in [-0.3, -0.25) is 14.4 Å². The van der Waals surface area contributed by atoms with Crippen molar-refractivity contribution in [2.75, 3.05) is 42.7 Å². The highest BCUT2D eigenvalue weighted by molar-refractivity contribution is 9.09. The molecule has 0 aromatic rings. The predicted molar refractivity (Wildman–Crippen MR) is 203 cm³/mol. The molecule has 0 aliphatic rings. The summed E-state index contributed by atoms with van der Waals surface area (Å²) in [5.74, 6) is 0.245. The van der Waals surface area contributed by atoms with Crippen LogP contribution in [-0.4, -0.2) is 84.9 Å². The van der Waals surface area contributed by atoms with E-state index in [1.165, 1.54) is 18.1 Å². The Morgan fingerprint density at radius 3 is 1.12 bits per heavy atom. The van der Waals surface area contributed by atoms with Crippen LogP contribution in [0.2, 0.25) is 68.5 Å². The van der Waals surface area contributed by atoms with Gasteiger partial charge in [0.05, 0.1) is 16.0 Å². The molecule has 3 amide bonds. The maximum Gasteiger partial charge on any atom is 0.230 e. The number of alkyl halides is 3. The number of unbranched alkanes of at least 4 members (excludes halogenated alkanes) is 1. The van der Waals surface area contributed by atoms with Gasteiger partial charge in [0, 0.05) is 42.9 Å². The highest BCUT2D eigenvalue weighted by Gasteiger charge is 2.40. The van der Waals surface area contributed by atoms with Crippen LogP contribution in [0.3, 0.4) is 0 Å². The summed E-state index contributed by atoms with van der Waals surface area (Å²) in [6.07, 6.45) is 4.41. The number of amides is 3. The molecule has 0 heterocycles. The third kappa shape index (κ3) is 29.2. The Morgan fingerprint density at radius 1 is 0.571 bits per heavy atom. The first-order chi connectivity index (χ1) is 19.3. The minimum Gasteiger partial charge on any atom is -0.419 e. The van der Waals surface area contributed by atoms with Crippen molar-refractivity contribution in [3.8, 4) is 0 Å². The number of carbonyl (C=O) groups excluding carboxylic acids is 3. The summed E-state index contributed by atoms with van der Waals surface area (Å²) in [4.78, 5) is 32.6. The Kier molecular flexibility index (Phi) is 29.7. The zero-order valence-electron chi connectivity index (χ0n) is 28.6. The van der Waals surface area contributed by atoms with Crippen LogP contribution in [-0.2, 0) is 18.8 Å². The molecule has 0 atom stereocenters. The summed E-state index contributed by atoms with van der Waals surface area (Å²) in [5, 5.41) is 9.79. The van der Waals surface area contributed by atoms with Gasteiger partial charge in [-0.05, 0) is 36.4 Å². The fourth-order valence-corrected chi connectivity index (χ4v) is 11.9. The summed E-state index contributed by atoms with van der Waals surface area (Å²) in [7, 11) is -1.56. The summed E-state index contributed by atoms with van der Waals surface area (Å²) < 4.78 is 5.95. The number of nitrogens with one attached hydrogen (secondary N) is 3. The Labute approximate surface area is 287 Å². The maximum atomic E-state index is 11.1. The van der Waals surface area contributed by atoms with Crippen LogP contribution in [0.25, 0.3) is 0 Å². The normalized spacial score (nSPS) is 11.7. The first-order valence-corrected chi connectivity index (χ1v) is 28.4. The Balaban J connectivity index is -0.000000562. The van der Waals surface area contributed by atoms with Gasteiger partial charge in [-0.1, -0.05) is 133 Å². The van der Waals surface area contributed by atoms with Crippen molar-refractivity contribution in [3.63, 3.8) is 0 Å². The van der Waals surface area contributed by atoms with Crippen molar-refractivity contribution in [1.29, 1.82) is 0 Å². The lowest BCUT2D eigenvalue weighted by atomic mass is 10.3. The van der Waals surface area contributed by atoms with Crippen LogP contribution >= 0.6 is 47.8 Å². The topological polar surface area (TPSA) is 96.5 Å². The largest absolute Gasteiger partial charge is 0.419 e. The SMILES string of the molecule is CO[Si](CCCCNC(=O)CBr)(C(C)C)C(C)C.C[Si](C)(C)CCCNC(=O)CBr.C[Si](C)(C)CCCNC(=O)CBr. The fraction of sp³-hybridized carbons (Fsp3) is 0.897. The Morgan fingerprint density at radius 2 is 0.881 bits per heavy atom. The molecule has 0 aliphatic carbocycles. The zero-order chi connectivity index (χ0) is 33.4. The first kappa shape index (κ1) is 46.9. The number of hydrogen-bond acceptors (Lipinski definition) is 4. The van der Waals surface area contributed by atoms with E-state index in [9.17, 15) is 14.4 Å². The molecule has 0 bridgehead atoms. The molecule has 0 saturated carbocycles. The van der Waals surface area contributed by atoms with Crippen LogP contribution in [0.5, 0.6) is 0 Å². The average molecular weight is 843 g/mol. The molecular weight excluding hydrogens is 778 g/mol. The number of halogens is 3. The van der Waals surface area contributed by atoms with E-state index in [1.807, 2.05) is 7.11 Å². The Hall–Kier alpha value is 0.461. The van der Waals surface area contributed by atoms with Crippen LogP contribution in [0.4, 0.5) is 0 Å². The van der Waals surface area contributed by atoms with Gasteiger partial charge in [0.25, 0.3) is 0 Å². The van der Waals surface area contributed by atoms with Crippen molar-refractivity contribution in [1.82, 2.24) is 16.0 Å². The molecular formula is C29H64Br3N3O4Si3. The van der Waals surface area contributed by atoms with Crippen LogP contribution < -0.4 is 16.0 Å². The molecule has 7 nitrogen and oxygen atoms in total. The van der Waals surface area contributed by atoms with Gasteiger partial charge >= 0.3 is 0 Å². The third-order valence-electron chi connectivity index (χ3n) is 6.87. The molecule has 0 spiro atoms. The van der Waals surface area contributed by atoms with Crippen molar-refractivity contribution < 1.29 is 18.8 Å². The lowest BCUT2D eigenvalue weighted by Gasteiger charge is -2.37. The molecule has 0 fully saturated rings. The van der Waals surface area contributed by atoms with Gasteiger partial charge in [-0.25, -0.2) is 0 Å². The zero-order valence-corrected chi connectivity index (χ0v) is 36.4. The molecule has 13 heteroatoms. The van der Waals surface area contributed by atoms with E-state index in [-0.39, 0.29) is 17.7 Å². The summed E-state index contributed by atoms with van der Waals surface area (Å²) in [5.41, 5.74) is 1.28. The molecule has 0 radical (unpaired) electrons. The van der Waals surface area contributed by atoms with Gasteiger partial charge < -0.3 is 20.4 Å². The monoisotopic (exact) mass is 839 g/mol. The van der Waals surface area contributed by atoms with Crippen molar-refractivity contribution in [2.45, 2.75) is 122 Å². The van der Waals surface area contributed by atoms with Gasteiger partial charge in [0.2, 0.25) is 17.7 Å². The molecule has 0 saturated heterocycles. The number of rotatable bonds is 19. The van der Waals surface area contributed by atoms with E-state index in [2.05, 4.69) is 131 Å². The molecule has 252 valence electrons. The lowest BCUT2D eigenvalue weighted by Crippen LogP contribution is -2.43. The molecule has 0 aliphatic heterocycles.